The molecule has 0 heterocycles. The molecule has 0 radical (unpaired) electrons. The Labute approximate surface area is 76.8 Å². The van der Waals surface area contributed by atoms with Gasteiger partial charge in [-0.25, -0.2) is 0 Å². The van der Waals surface area contributed by atoms with Crippen molar-refractivity contribution in [3.8, 4) is 0 Å². The quantitative estimate of drug-likeness (QED) is 0.607. The fourth-order valence-corrected chi connectivity index (χ4v) is 2.07. The summed E-state index contributed by atoms with van der Waals surface area (Å²) in [6.45, 7) is 12.8. The lowest BCUT2D eigenvalue weighted by atomic mass is 10.1. The number of hydrogen-bond donors (Lipinski definition) is 1. The van der Waals surface area contributed by atoms with Crippen molar-refractivity contribution in [1.82, 2.24) is 0 Å². The van der Waals surface area contributed by atoms with Crippen molar-refractivity contribution < 1.29 is 9.59 Å². The molecule has 0 amide bonds. The second-order valence-corrected chi connectivity index (χ2v) is 3.53. The van der Waals surface area contributed by atoms with Crippen LogP contribution in [0, 0.1) is 0 Å². The van der Waals surface area contributed by atoms with Gasteiger partial charge in [0.2, 0.25) is 0 Å². The number of quaternary nitrogens is 1. The van der Waals surface area contributed by atoms with E-state index in [1.807, 2.05) is 0 Å². The smallest absolute Gasteiger partial charge is 0.0883 e. The van der Waals surface area contributed by atoms with Crippen LogP contribution in [0.5, 0.6) is 0 Å². The molecule has 1 N–H and O–H groups in total. The molecular weight excluding hydrogens is 150 g/mol. The Bertz CT molecular complexity index is 102. The van der Waals surface area contributed by atoms with Crippen molar-refractivity contribution in [1.29, 1.82) is 0 Å². The van der Waals surface area contributed by atoms with Crippen molar-refractivity contribution in [2.24, 2.45) is 0 Å². The average Bonchev–Trinajstić information content (AvgIpc) is 2.09. The molecule has 2 nitrogen and oxygen atoms in total. The number of aliphatic hydroxyl groups excluding tert-OH is 1. The summed E-state index contributed by atoms with van der Waals surface area (Å²) in [6, 6.07) is 0.593. The molecule has 0 rings (SSSR count). The van der Waals surface area contributed by atoms with Gasteiger partial charge in [-0.15, -0.1) is 0 Å². The van der Waals surface area contributed by atoms with Crippen LogP contribution in [0.3, 0.4) is 0 Å². The molecule has 12 heavy (non-hydrogen) atoms. The fourth-order valence-electron chi connectivity index (χ4n) is 2.07. The van der Waals surface area contributed by atoms with E-state index in [0.717, 1.165) is 10.9 Å². The number of nitrogens with zero attached hydrogens (tertiary/aromatic N) is 1. The topological polar surface area (TPSA) is 20.2 Å². The van der Waals surface area contributed by atoms with Gasteiger partial charge in [-0.1, -0.05) is 0 Å². The van der Waals surface area contributed by atoms with Crippen LogP contribution in [0.15, 0.2) is 0 Å². The third-order valence-electron chi connectivity index (χ3n) is 3.37. The molecule has 0 saturated heterocycles. The van der Waals surface area contributed by atoms with Gasteiger partial charge in [0.15, 0.2) is 0 Å². The van der Waals surface area contributed by atoms with Gasteiger partial charge in [-0.2, -0.15) is 0 Å². The Kier molecular flexibility index (Phi) is 5.51. The van der Waals surface area contributed by atoms with Crippen LogP contribution >= 0.6 is 0 Å². The maximum absolute atomic E-state index is 8.88. The minimum absolute atomic E-state index is 0.321. The first kappa shape index (κ1) is 11.9. The first-order chi connectivity index (χ1) is 5.66. The largest absolute Gasteiger partial charge is 0.396 e. The Morgan fingerprint density at radius 1 is 1.08 bits per heavy atom. The molecule has 0 aromatic carbocycles. The van der Waals surface area contributed by atoms with Gasteiger partial charge in [-0.3, -0.25) is 0 Å². The second-order valence-electron chi connectivity index (χ2n) is 3.53. The molecule has 2 heteroatoms. The maximum Gasteiger partial charge on any atom is 0.0883 e. The van der Waals surface area contributed by atoms with Crippen LogP contribution in [0.4, 0.5) is 0 Å². The number of rotatable bonds is 6. The van der Waals surface area contributed by atoms with Gasteiger partial charge in [-0.05, 0) is 27.7 Å². The summed E-state index contributed by atoms with van der Waals surface area (Å²) in [7, 11) is 0. The summed E-state index contributed by atoms with van der Waals surface area (Å²) in [6.07, 6.45) is 0.926. The van der Waals surface area contributed by atoms with E-state index < -0.39 is 0 Å². The molecule has 0 aliphatic heterocycles. The monoisotopic (exact) mass is 174 g/mol. The minimum atomic E-state index is 0.321. The summed E-state index contributed by atoms with van der Waals surface area (Å²) in [5.74, 6) is 0. The number of hydrogen-bond acceptors (Lipinski definition) is 1. The molecule has 0 saturated carbocycles. The van der Waals surface area contributed by atoms with E-state index in [-0.39, 0.29) is 0 Å². The van der Waals surface area contributed by atoms with Gasteiger partial charge in [0, 0.05) is 13.0 Å². The van der Waals surface area contributed by atoms with Crippen LogP contribution in [-0.4, -0.2) is 41.9 Å². The highest BCUT2D eigenvalue weighted by Gasteiger charge is 2.27. The minimum Gasteiger partial charge on any atom is -0.396 e. The van der Waals surface area contributed by atoms with Gasteiger partial charge >= 0.3 is 0 Å². The van der Waals surface area contributed by atoms with Gasteiger partial charge in [0.05, 0.1) is 25.7 Å². The second kappa shape index (κ2) is 5.55. The van der Waals surface area contributed by atoms with E-state index in [4.69, 9.17) is 5.11 Å². The first-order valence-corrected chi connectivity index (χ1v) is 5.13. The molecule has 0 aromatic rings. The zero-order valence-electron chi connectivity index (χ0n) is 9.01. The van der Waals surface area contributed by atoms with E-state index in [1.54, 1.807) is 0 Å². The SMILES string of the molecule is CC[N+](CC)(CC)C(C)CCO. The highest BCUT2D eigenvalue weighted by atomic mass is 16.3. The van der Waals surface area contributed by atoms with Gasteiger partial charge in [0.25, 0.3) is 0 Å². The molecule has 0 aromatic heterocycles. The van der Waals surface area contributed by atoms with Crippen molar-refractivity contribution in [3.63, 3.8) is 0 Å². The van der Waals surface area contributed by atoms with Crippen LogP contribution in [0.2, 0.25) is 0 Å². The molecule has 0 bridgehead atoms. The van der Waals surface area contributed by atoms with Crippen molar-refractivity contribution in [2.75, 3.05) is 26.2 Å². The van der Waals surface area contributed by atoms with Crippen LogP contribution in [0.25, 0.3) is 0 Å². The van der Waals surface area contributed by atoms with Gasteiger partial charge in [0.1, 0.15) is 0 Å². The number of aliphatic hydroxyl groups is 1. The summed E-state index contributed by atoms with van der Waals surface area (Å²) >= 11 is 0. The summed E-state index contributed by atoms with van der Waals surface area (Å²) in [5.41, 5.74) is 0. The maximum atomic E-state index is 8.88. The molecule has 0 spiro atoms. The highest BCUT2D eigenvalue weighted by molar-refractivity contribution is 4.52. The van der Waals surface area contributed by atoms with E-state index >= 15 is 0 Å². The van der Waals surface area contributed by atoms with Gasteiger partial charge < -0.3 is 9.59 Å². The lowest BCUT2D eigenvalue weighted by Crippen LogP contribution is -2.54. The van der Waals surface area contributed by atoms with Crippen molar-refractivity contribution in [2.45, 2.75) is 40.2 Å². The Morgan fingerprint density at radius 2 is 1.50 bits per heavy atom. The molecular formula is C10H24NO+. The standard InChI is InChI=1S/C10H24NO/c1-5-11(6-2,7-3)10(4)8-9-12/h10,12H,5-9H2,1-4H3/q+1. The molecule has 1 unspecified atom stereocenters. The zero-order valence-corrected chi connectivity index (χ0v) is 9.01. The third-order valence-corrected chi connectivity index (χ3v) is 3.37. The molecule has 74 valence electrons. The lowest BCUT2D eigenvalue weighted by Gasteiger charge is -2.41. The predicted molar refractivity (Wildman–Crippen MR) is 53.0 cm³/mol. The molecule has 0 aliphatic carbocycles. The molecule has 0 aliphatic rings. The Balaban J connectivity index is 4.24. The molecule has 0 fully saturated rings. The predicted octanol–water partition coefficient (Wildman–Crippen LogP) is 1.63. The first-order valence-electron chi connectivity index (χ1n) is 5.13. The lowest BCUT2D eigenvalue weighted by molar-refractivity contribution is -0.945. The van der Waals surface area contributed by atoms with Crippen LogP contribution in [-0.2, 0) is 0 Å². The third kappa shape index (κ3) is 2.46. The van der Waals surface area contributed by atoms with Crippen molar-refractivity contribution in [3.05, 3.63) is 0 Å². The Hall–Kier alpha value is -0.0800. The summed E-state index contributed by atoms with van der Waals surface area (Å²) < 4.78 is 1.14. The van der Waals surface area contributed by atoms with Crippen molar-refractivity contribution >= 4 is 0 Å². The zero-order chi connectivity index (χ0) is 9.61. The van der Waals surface area contributed by atoms with E-state index in [2.05, 4.69) is 27.7 Å². The highest BCUT2D eigenvalue weighted by Crippen LogP contribution is 2.15. The normalized spacial score (nSPS) is 14.8. The average molecular weight is 174 g/mol. The van der Waals surface area contributed by atoms with Crippen LogP contribution in [0.1, 0.15) is 34.1 Å². The summed E-state index contributed by atoms with van der Waals surface area (Å²) in [4.78, 5) is 0. The van der Waals surface area contributed by atoms with E-state index in [0.29, 0.717) is 12.6 Å². The summed E-state index contributed by atoms with van der Waals surface area (Å²) in [5, 5.41) is 8.88. The molecule has 1 atom stereocenters. The van der Waals surface area contributed by atoms with E-state index in [9.17, 15) is 0 Å². The van der Waals surface area contributed by atoms with Crippen LogP contribution < -0.4 is 0 Å². The fraction of sp³-hybridized carbons (Fsp3) is 1.00. The Morgan fingerprint density at radius 3 is 1.75 bits per heavy atom. The van der Waals surface area contributed by atoms with E-state index in [1.165, 1.54) is 19.6 Å².